The van der Waals surface area contributed by atoms with E-state index in [4.69, 9.17) is 10.5 Å². The van der Waals surface area contributed by atoms with Gasteiger partial charge < -0.3 is 35.5 Å². The predicted octanol–water partition coefficient (Wildman–Crippen LogP) is 4.24. The molecule has 1 spiro atoms. The number of nitrogens with zero attached hydrogens (tertiary/aromatic N) is 2. The number of aliphatic hydroxyl groups excluding tert-OH is 1. The molecular formula is C35H42N4O6Si. The van der Waals surface area contributed by atoms with E-state index in [1.54, 1.807) is 40.1 Å². The number of nitrogen functional groups attached to an aromatic ring is 1. The molecule has 2 fully saturated rings. The largest absolute Gasteiger partial charge is 0.432 e. The van der Waals surface area contributed by atoms with Crippen LogP contribution in [0.4, 0.5) is 17.1 Å². The fourth-order valence-corrected chi connectivity index (χ4v) is 10.4. The van der Waals surface area contributed by atoms with Crippen LogP contribution in [0.3, 0.4) is 0 Å². The highest BCUT2D eigenvalue weighted by Gasteiger charge is 2.66. The molecular weight excluding hydrogens is 600 g/mol. The molecule has 242 valence electrons. The number of hydrogen-bond donors (Lipinski definition) is 4. The normalized spacial score (nSPS) is 25.7. The minimum Gasteiger partial charge on any atom is -0.432 e. The summed E-state index contributed by atoms with van der Waals surface area (Å²) < 4.78 is 6.81. The third-order valence-corrected chi connectivity index (χ3v) is 12.4. The Morgan fingerprint density at radius 1 is 1.09 bits per heavy atom. The SMILES string of the molecule is C[C@@H]1[C@@H]([Si](C)(C)O)[C@H](CC(=O)N2CCC[C@H]2CO)O[C@@]12C(=O)N(Cc1cccc(NC(=O)c3ccc(N)cc3)c1)c1ccccc12. The number of aliphatic hydroxyl groups is 1. The number of amides is 3. The minimum absolute atomic E-state index is 0.0371. The van der Waals surface area contributed by atoms with Crippen molar-refractivity contribution in [3.63, 3.8) is 0 Å². The van der Waals surface area contributed by atoms with Gasteiger partial charge in [0.25, 0.3) is 11.8 Å². The number of nitrogens with two attached hydrogens (primary N) is 1. The number of nitrogens with one attached hydrogen (secondary N) is 1. The Hall–Kier alpha value is -4.03. The lowest BCUT2D eigenvalue weighted by atomic mass is 9.82. The molecule has 5 atom stereocenters. The van der Waals surface area contributed by atoms with Gasteiger partial charge in [0, 0.05) is 40.5 Å². The molecule has 0 aliphatic carbocycles. The van der Waals surface area contributed by atoms with Crippen LogP contribution < -0.4 is 16.0 Å². The second-order valence-electron chi connectivity index (χ2n) is 13.3. The maximum atomic E-state index is 14.7. The number of para-hydroxylation sites is 1. The van der Waals surface area contributed by atoms with E-state index in [0.717, 1.165) is 29.7 Å². The lowest BCUT2D eigenvalue weighted by Gasteiger charge is -2.32. The predicted molar refractivity (Wildman–Crippen MR) is 178 cm³/mol. The molecule has 3 aliphatic rings. The average molecular weight is 643 g/mol. The van der Waals surface area contributed by atoms with Gasteiger partial charge in [-0.1, -0.05) is 37.3 Å². The lowest BCUT2D eigenvalue weighted by Crippen LogP contribution is -2.46. The quantitative estimate of drug-likeness (QED) is 0.213. The number of carbonyl (C=O) groups excluding carboxylic acids is 3. The summed E-state index contributed by atoms with van der Waals surface area (Å²) in [6, 6.07) is 21.4. The van der Waals surface area contributed by atoms with Crippen molar-refractivity contribution in [2.75, 3.05) is 29.1 Å². The first-order valence-corrected chi connectivity index (χ1v) is 18.9. The smallest absolute Gasteiger partial charge is 0.264 e. The topological polar surface area (TPSA) is 145 Å². The summed E-state index contributed by atoms with van der Waals surface area (Å²) >= 11 is 0. The van der Waals surface area contributed by atoms with Crippen molar-refractivity contribution >= 4 is 43.1 Å². The fraction of sp³-hybridized carbons (Fsp3) is 0.400. The molecule has 3 aromatic carbocycles. The molecule has 0 saturated carbocycles. The number of anilines is 3. The lowest BCUT2D eigenvalue weighted by molar-refractivity contribution is -0.150. The van der Waals surface area contributed by atoms with Crippen LogP contribution in [0, 0.1) is 5.92 Å². The summed E-state index contributed by atoms with van der Waals surface area (Å²) in [6.07, 6.45) is 0.970. The summed E-state index contributed by atoms with van der Waals surface area (Å²) in [5.41, 5.74) is 7.92. The molecule has 0 bridgehead atoms. The Kier molecular flexibility index (Phi) is 8.53. The number of fused-ring (bicyclic) bond motifs is 2. The molecule has 46 heavy (non-hydrogen) atoms. The molecule has 5 N–H and O–H groups in total. The Labute approximate surface area is 270 Å². The summed E-state index contributed by atoms with van der Waals surface area (Å²) in [6.45, 7) is 6.37. The zero-order valence-corrected chi connectivity index (χ0v) is 27.5. The van der Waals surface area contributed by atoms with Crippen molar-refractivity contribution in [2.45, 2.75) is 69.1 Å². The molecule has 3 aliphatic heterocycles. The standard InChI is InChI=1S/C35H42N4O6Si/c1-22-32(46(2,3)44)30(19-31(41)38-17-7-10-27(38)21-40)45-35(22)28-11-4-5-12-29(28)39(34(35)43)20-23-8-6-9-26(18-23)37-33(42)24-13-15-25(36)16-14-24/h4-6,8-9,11-16,18,22,27,30,32,40,44H,7,10,17,19-21,36H2,1-3H3,(H,37,42)/t22-,27+,30+,32-,35+/m1/s1. The summed E-state index contributed by atoms with van der Waals surface area (Å²) in [7, 11) is -2.94. The Morgan fingerprint density at radius 3 is 2.54 bits per heavy atom. The first kappa shape index (κ1) is 31.9. The zero-order chi connectivity index (χ0) is 32.8. The van der Waals surface area contributed by atoms with E-state index in [1.807, 2.05) is 62.5 Å². The first-order chi connectivity index (χ1) is 21.9. The highest BCUT2D eigenvalue weighted by Crippen LogP contribution is 2.59. The molecule has 6 rings (SSSR count). The van der Waals surface area contributed by atoms with Crippen LogP contribution in [0.1, 0.15) is 47.7 Å². The van der Waals surface area contributed by atoms with Crippen LogP contribution >= 0.6 is 0 Å². The van der Waals surface area contributed by atoms with Crippen LogP contribution in [-0.2, 0) is 26.5 Å². The molecule has 0 unspecified atom stereocenters. The number of rotatable bonds is 8. The molecule has 3 aromatic rings. The average Bonchev–Trinajstić information content (AvgIpc) is 3.68. The number of hydrogen-bond acceptors (Lipinski definition) is 7. The van der Waals surface area contributed by atoms with E-state index in [9.17, 15) is 24.3 Å². The van der Waals surface area contributed by atoms with Crippen LogP contribution in [0.25, 0.3) is 0 Å². The van der Waals surface area contributed by atoms with E-state index in [2.05, 4.69) is 5.32 Å². The van der Waals surface area contributed by atoms with Gasteiger partial charge in [0.05, 0.1) is 37.4 Å². The van der Waals surface area contributed by atoms with E-state index < -0.39 is 25.9 Å². The molecule has 0 aromatic heterocycles. The molecule has 11 heteroatoms. The Bertz CT molecular complexity index is 1640. The molecule has 2 saturated heterocycles. The van der Waals surface area contributed by atoms with E-state index in [0.29, 0.717) is 23.5 Å². The first-order valence-electron chi connectivity index (χ1n) is 15.9. The van der Waals surface area contributed by atoms with Crippen molar-refractivity contribution in [2.24, 2.45) is 5.92 Å². The summed E-state index contributed by atoms with van der Waals surface area (Å²) in [4.78, 5) is 56.0. The van der Waals surface area contributed by atoms with Gasteiger partial charge >= 0.3 is 0 Å². The van der Waals surface area contributed by atoms with Crippen molar-refractivity contribution in [3.05, 3.63) is 89.5 Å². The number of benzene rings is 3. The summed E-state index contributed by atoms with van der Waals surface area (Å²) in [5.74, 6) is -1.02. The molecule has 3 heterocycles. The van der Waals surface area contributed by atoms with Gasteiger partial charge in [-0.15, -0.1) is 0 Å². The van der Waals surface area contributed by atoms with E-state index in [-0.39, 0.29) is 48.9 Å². The maximum Gasteiger partial charge on any atom is 0.264 e. The zero-order valence-electron chi connectivity index (χ0n) is 26.5. The van der Waals surface area contributed by atoms with E-state index >= 15 is 0 Å². The number of likely N-dealkylation sites (tertiary alicyclic amines) is 1. The Balaban J connectivity index is 1.28. The van der Waals surface area contributed by atoms with Gasteiger partial charge in [0.1, 0.15) is 0 Å². The van der Waals surface area contributed by atoms with Gasteiger partial charge in [-0.25, -0.2) is 0 Å². The Morgan fingerprint density at radius 2 is 1.83 bits per heavy atom. The van der Waals surface area contributed by atoms with Gasteiger partial charge in [-0.3, -0.25) is 14.4 Å². The third kappa shape index (κ3) is 5.61. The maximum absolute atomic E-state index is 14.7. The summed E-state index contributed by atoms with van der Waals surface area (Å²) in [5, 5.41) is 12.7. The van der Waals surface area contributed by atoms with Crippen LogP contribution in [0.5, 0.6) is 0 Å². The molecule has 0 radical (unpaired) electrons. The van der Waals surface area contributed by atoms with Crippen molar-refractivity contribution < 1.29 is 29.0 Å². The van der Waals surface area contributed by atoms with Gasteiger partial charge in [-0.2, -0.15) is 0 Å². The molecule has 10 nitrogen and oxygen atoms in total. The van der Waals surface area contributed by atoms with Crippen molar-refractivity contribution in [1.82, 2.24) is 4.90 Å². The minimum atomic E-state index is -2.94. The van der Waals surface area contributed by atoms with Gasteiger partial charge in [-0.05, 0) is 74.0 Å². The molecule has 3 amide bonds. The highest BCUT2D eigenvalue weighted by molar-refractivity contribution is 6.71. The fourth-order valence-electron chi connectivity index (χ4n) is 7.80. The number of carbonyl (C=O) groups is 3. The van der Waals surface area contributed by atoms with Crippen LogP contribution in [0.2, 0.25) is 18.6 Å². The van der Waals surface area contributed by atoms with E-state index in [1.165, 1.54) is 0 Å². The second-order valence-corrected chi connectivity index (χ2v) is 17.3. The second kappa shape index (κ2) is 12.3. The van der Waals surface area contributed by atoms with Gasteiger partial charge in [0.15, 0.2) is 13.9 Å². The van der Waals surface area contributed by atoms with Crippen LogP contribution in [-0.4, -0.2) is 66.1 Å². The van der Waals surface area contributed by atoms with Crippen molar-refractivity contribution in [1.29, 1.82) is 0 Å². The van der Waals surface area contributed by atoms with Crippen molar-refractivity contribution in [3.8, 4) is 0 Å². The number of ether oxygens (including phenoxy) is 1. The van der Waals surface area contributed by atoms with Crippen LogP contribution in [0.15, 0.2) is 72.8 Å². The van der Waals surface area contributed by atoms with Gasteiger partial charge in [0.2, 0.25) is 5.91 Å². The third-order valence-electron chi connectivity index (χ3n) is 9.87. The highest BCUT2D eigenvalue weighted by atomic mass is 28.4. The monoisotopic (exact) mass is 642 g/mol.